The number of hydrogen-bond acceptors (Lipinski definition) is 8. The van der Waals surface area contributed by atoms with Crippen LogP contribution in [-0.2, 0) is 11.8 Å². The fourth-order valence-corrected chi connectivity index (χ4v) is 5.03. The molecule has 0 aliphatic carbocycles. The minimum absolute atomic E-state index is 0.147. The lowest BCUT2D eigenvalue weighted by Gasteiger charge is -2.38. The molecule has 2 atom stereocenters. The lowest BCUT2D eigenvalue weighted by molar-refractivity contribution is -0.173. The number of carbonyl (C=O) groups is 2. The van der Waals surface area contributed by atoms with Crippen LogP contribution < -0.4 is 25.6 Å². The van der Waals surface area contributed by atoms with Crippen molar-refractivity contribution in [1.82, 2.24) is 30.4 Å². The van der Waals surface area contributed by atoms with Gasteiger partial charge in [-0.2, -0.15) is 23.3 Å². The van der Waals surface area contributed by atoms with Crippen LogP contribution in [0.4, 0.5) is 28.9 Å². The van der Waals surface area contributed by atoms with E-state index in [0.29, 0.717) is 23.9 Å². The molecule has 0 saturated carbocycles. The highest BCUT2D eigenvalue weighted by Crippen LogP contribution is 2.31. The van der Waals surface area contributed by atoms with E-state index in [1.54, 1.807) is 36.8 Å². The second-order valence-corrected chi connectivity index (χ2v) is 10.2. The predicted molar refractivity (Wildman–Crippen MR) is 147 cm³/mol. The summed E-state index contributed by atoms with van der Waals surface area (Å²) in [6.07, 6.45) is -1.90. The van der Waals surface area contributed by atoms with Crippen molar-refractivity contribution in [2.75, 3.05) is 36.5 Å². The number of anilines is 2. The number of hydrogen-bond donors (Lipinski definition) is 3. The summed E-state index contributed by atoms with van der Waals surface area (Å²) in [5, 5.41) is 13.0. The van der Waals surface area contributed by atoms with Gasteiger partial charge in [0.05, 0.1) is 17.6 Å². The second-order valence-electron chi connectivity index (χ2n) is 10.2. The number of aromatic nitrogens is 4. The molecule has 3 heterocycles. The summed E-state index contributed by atoms with van der Waals surface area (Å²) in [7, 11) is 1.66. The number of amides is 2. The summed E-state index contributed by atoms with van der Waals surface area (Å²) in [5.74, 6) is -3.26. The Morgan fingerprint density at radius 3 is 2.60 bits per heavy atom. The van der Waals surface area contributed by atoms with Gasteiger partial charge in [-0.15, -0.1) is 0 Å². The molecule has 0 spiro atoms. The Bertz CT molecular complexity index is 1650. The van der Waals surface area contributed by atoms with E-state index in [4.69, 9.17) is 4.74 Å². The molecule has 4 aromatic rings. The molecule has 0 radical (unpaired) electrons. The molecule has 0 unspecified atom stereocenters. The zero-order valence-electron chi connectivity index (χ0n) is 22.9. The maximum Gasteiger partial charge on any atom is 0.471 e. The zero-order chi connectivity index (χ0) is 30.2. The molecule has 1 aliphatic heterocycles. The van der Waals surface area contributed by atoms with Crippen LogP contribution in [-0.4, -0.2) is 76.1 Å². The lowest BCUT2D eigenvalue weighted by atomic mass is 10.0. The van der Waals surface area contributed by atoms with E-state index >= 15 is 0 Å². The molecule has 5 rings (SSSR count). The molecular weight excluding hydrogens is 560 g/mol. The quantitative estimate of drug-likeness (QED) is 0.222. The number of alkyl halides is 3. The minimum atomic E-state index is -5.01. The highest BCUT2D eigenvalue weighted by Gasteiger charge is 2.38. The first-order valence-electron chi connectivity index (χ1n) is 13.1. The molecule has 2 aromatic heterocycles. The molecule has 42 heavy (non-hydrogen) atoms. The van der Waals surface area contributed by atoms with Crippen molar-refractivity contribution >= 4 is 45.0 Å². The Hall–Kier alpha value is -4.53. The average molecular weight is 589 g/mol. The van der Waals surface area contributed by atoms with Crippen LogP contribution in [0.3, 0.4) is 0 Å². The summed E-state index contributed by atoms with van der Waals surface area (Å²) in [6, 6.07) is 6.36. The van der Waals surface area contributed by atoms with Gasteiger partial charge in [0.2, 0.25) is 0 Å². The van der Waals surface area contributed by atoms with Crippen LogP contribution in [0.1, 0.15) is 24.2 Å². The van der Waals surface area contributed by atoms with Crippen LogP contribution >= 0.6 is 0 Å². The molecule has 1 saturated heterocycles. The lowest BCUT2D eigenvalue weighted by Crippen LogP contribution is -2.54. The van der Waals surface area contributed by atoms with Crippen LogP contribution in [0.5, 0.6) is 6.01 Å². The van der Waals surface area contributed by atoms with Gasteiger partial charge >= 0.3 is 18.1 Å². The van der Waals surface area contributed by atoms with Gasteiger partial charge in [0, 0.05) is 66.8 Å². The van der Waals surface area contributed by atoms with Gasteiger partial charge in [-0.1, -0.05) is 0 Å². The first-order valence-corrected chi connectivity index (χ1v) is 13.1. The normalized spacial score (nSPS) is 17.5. The summed E-state index contributed by atoms with van der Waals surface area (Å²) in [6.45, 7) is 4.71. The number of aryl methyl sites for hydroxylation is 1. The molecule has 2 aromatic carbocycles. The van der Waals surface area contributed by atoms with Gasteiger partial charge in [-0.05, 0) is 38.1 Å². The molecule has 0 bridgehead atoms. The van der Waals surface area contributed by atoms with Gasteiger partial charge in [0.15, 0.2) is 5.82 Å². The number of nitrogens with one attached hydrogen (secondary N) is 3. The predicted octanol–water partition coefficient (Wildman–Crippen LogP) is 3.15. The standard InChI is InChI=1S/C27H28F4N8O3/c1-14-11-39(12-15(2)34-14)21-5-4-18(24(40)35-17-8-16-13-38(3)37-22(16)20(28)9-17)23-19(21)10-33-26(36-23)42-7-6-32-25(41)27(29,30)31/h4-5,8-10,13-15,34H,6-7,11-12H2,1-3H3,(H,32,41)(H,35,40)/t14-,15+. The first-order chi connectivity index (χ1) is 19.9. The Kier molecular flexibility index (Phi) is 7.86. The van der Waals surface area contributed by atoms with Crippen molar-refractivity contribution in [1.29, 1.82) is 0 Å². The molecular formula is C27H28F4N8O3. The number of carbonyl (C=O) groups excluding carboxylic acids is 2. The number of piperazine rings is 1. The van der Waals surface area contributed by atoms with Crippen LogP contribution in [0, 0.1) is 5.82 Å². The Morgan fingerprint density at radius 2 is 1.88 bits per heavy atom. The average Bonchev–Trinajstić information content (AvgIpc) is 3.29. The third-order valence-electron chi connectivity index (χ3n) is 6.66. The van der Waals surface area contributed by atoms with E-state index in [-0.39, 0.29) is 47.0 Å². The summed E-state index contributed by atoms with van der Waals surface area (Å²) >= 11 is 0. The van der Waals surface area contributed by atoms with Crippen molar-refractivity contribution in [2.45, 2.75) is 32.1 Å². The van der Waals surface area contributed by atoms with E-state index in [9.17, 15) is 27.2 Å². The van der Waals surface area contributed by atoms with Crippen molar-refractivity contribution in [3.8, 4) is 6.01 Å². The topological polar surface area (TPSA) is 126 Å². The van der Waals surface area contributed by atoms with Gasteiger partial charge in [-0.25, -0.2) is 9.37 Å². The second kappa shape index (κ2) is 11.4. The van der Waals surface area contributed by atoms with E-state index in [1.165, 1.54) is 16.9 Å². The monoisotopic (exact) mass is 588 g/mol. The summed E-state index contributed by atoms with van der Waals surface area (Å²) in [5.41, 5.74) is 1.55. The maximum atomic E-state index is 14.6. The molecule has 1 aliphatic rings. The van der Waals surface area contributed by atoms with E-state index < -0.39 is 30.4 Å². The third-order valence-corrected chi connectivity index (χ3v) is 6.66. The number of ether oxygens (including phenoxy) is 1. The maximum absolute atomic E-state index is 14.6. The highest BCUT2D eigenvalue weighted by atomic mass is 19.4. The van der Waals surface area contributed by atoms with E-state index in [1.807, 2.05) is 0 Å². The van der Waals surface area contributed by atoms with Crippen molar-refractivity contribution < 1.29 is 31.9 Å². The Labute approximate surface area is 237 Å². The fraction of sp³-hybridized carbons (Fsp3) is 0.370. The highest BCUT2D eigenvalue weighted by molar-refractivity contribution is 6.14. The summed E-state index contributed by atoms with van der Waals surface area (Å²) in [4.78, 5) is 35.3. The third kappa shape index (κ3) is 6.20. The number of benzene rings is 2. The number of halogens is 4. The number of nitrogens with zero attached hydrogens (tertiary/aromatic N) is 5. The smallest absolute Gasteiger partial charge is 0.462 e. The Morgan fingerprint density at radius 1 is 1.14 bits per heavy atom. The van der Waals surface area contributed by atoms with Crippen molar-refractivity contribution in [3.63, 3.8) is 0 Å². The molecule has 222 valence electrons. The largest absolute Gasteiger partial charge is 0.471 e. The SMILES string of the molecule is C[C@@H]1CN(c2ccc(C(=O)Nc3cc(F)c4nn(C)cc4c3)c3nc(OCCNC(=O)C(F)(F)F)ncc23)C[C@H](C)N1. The molecule has 15 heteroatoms. The van der Waals surface area contributed by atoms with Gasteiger partial charge in [0.25, 0.3) is 5.91 Å². The number of fused-ring (bicyclic) bond motifs is 2. The van der Waals surface area contributed by atoms with E-state index in [0.717, 1.165) is 5.69 Å². The first kappa shape index (κ1) is 29.0. The molecule has 2 amide bonds. The van der Waals surface area contributed by atoms with Gasteiger partial charge in [-0.3, -0.25) is 14.3 Å². The number of rotatable bonds is 7. The Balaban J connectivity index is 1.45. The zero-order valence-corrected chi connectivity index (χ0v) is 22.9. The van der Waals surface area contributed by atoms with E-state index in [2.05, 4.69) is 44.4 Å². The van der Waals surface area contributed by atoms with Crippen LogP contribution in [0.25, 0.3) is 21.8 Å². The van der Waals surface area contributed by atoms with Crippen molar-refractivity contribution in [3.05, 3.63) is 48.0 Å². The molecule has 3 N–H and O–H groups in total. The molecule has 11 nitrogen and oxygen atoms in total. The fourth-order valence-electron chi connectivity index (χ4n) is 5.03. The summed E-state index contributed by atoms with van der Waals surface area (Å²) < 4.78 is 58.8. The molecule has 1 fully saturated rings. The van der Waals surface area contributed by atoms with Crippen LogP contribution in [0.15, 0.2) is 36.7 Å². The minimum Gasteiger partial charge on any atom is -0.462 e. The van der Waals surface area contributed by atoms with Gasteiger partial charge in [0.1, 0.15) is 12.1 Å². The van der Waals surface area contributed by atoms with Crippen LogP contribution in [0.2, 0.25) is 0 Å². The van der Waals surface area contributed by atoms with Gasteiger partial charge < -0.3 is 25.6 Å². The van der Waals surface area contributed by atoms with Crippen molar-refractivity contribution in [2.24, 2.45) is 7.05 Å².